The molecule has 0 unspecified atom stereocenters. The van der Waals surface area contributed by atoms with Gasteiger partial charge in [0.25, 0.3) is 0 Å². The first-order valence-corrected chi connectivity index (χ1v) is 4.39. The van der Waals surface area contributed by atoms with Gasteiger partial charge in [0.05, 0.1) is 11.6 Å². The number of phenolic OH excluding ortho intramolecular Hbond substituents is 3. The number of rotatable bonds is 2. The maximum absolute atomic E-state index is 12.2. The van der Waals surface area contributed by atoms with Gasteiger partial charge in [0, 0.05) is 12.1 Å². The van der Waals surface area contributed by atoms with E-state index in [0.717, 1.165) is 0 Å². The normalized spacial score (nSPS) is 15.6. The van der Waals surface area contributed by atoms with Crippen molar-refractivity contribution in [1.82, 2.24) is 0 Å². The van der Waals surface area contributed by atoms with Crippen LogP contribution in [0.3, 0.4) is 0 Å². The van der Waals surface area contributed by atoms with E-state index in [4.69, 9.17) is 15.9 Å². The Labute approximate surface area is 93.5 Å². The third-order valence-electron chi connectivity index (χ3n) is 2.13. The molecule has 2 atom stereocenters. The molecule has 1 aromatic rings. The molecular formula is C9H10F3NO4. The fourth-order valence-electron chi connectivity index (χ4n) is 1.31. The zero-order valence-electron chi connectivity index (χ0n) is 8.31. The van der Waals surface area contributed by atoms with E-state index in [0.29, 0.717) is 12.1 Å². The Hall–Kier alpha value is -1.67. The first kappa shape index (κ1) is 13.4. The number of benzene rings is 1. The van der Waals surface area contributed by atoms with Crippen LogP contribution in [0.15, 0.2) is 12.1 Å². The molecule has 0 bridgehead atoms. The Morgan fingerprint density at radius 2 is 1.47 bits per heavy atom. The van der Waals surface area contributed by atoms with Crippen molar-refractivity contribution in [3.05, 3.63) is 17.7 Å². The molecule has 0 amide bonds. The minimum Gasteiger partial charge on any atom is -0.508 e. The Morgan fingerprint density at radius 1 is 1.06 bits per heavy atom. The fourth-order valence-corrected chi connectivity index (χ4v) is 1.31. The Balaban J connectivity index is 3.17. The van der Waals surface area contributed by atoms with Crippen molar-refractivity contribution in [2.24, 2.45) is 5.73 Å². The van der Waals surface area contributed by atoms with Crippen LogP contribution < -0.4 is 5.73 Å². The molecule has 0 saturated heterocycles. The Bertz CT molecular complexity index is 398. The van der Waals surface area contributed by atoms with Crippen molar-refractivity contribution in [2.45, 2.75) is 18.3 Å². The second kappa shape index (κ2) is 4.30. The molecule has 17 heavy (non-hydrogen) atoms. The molecule has 5 nitrogen and oxygen atoms in total. The molecule has 8 heteroatoms. The van der Waals surface area contributed by atoms with Crippen LogP contribution in [0, 0.1) is 0 Å². The maximum Gasteiger partial charge on any atom is 0.416 e. The van der Waals surface area contributed by atoms with Crippen LogP contribution in [0.25, 0.3) is 0 Å². The highest BCUT2D eigenvalue weighted by atomic mass is 19.4. The number of hydrogen-bond donors (Lipinski definition) is 5. The van der Waals surface area contributed by atoms with Gasteiger partial charge in [-0.1, -0.05) is 0 Å². The summed E-state index contributed by atoms with van der Waals surface area (Å²) in [5.41, 5.74) is 4.42. The zero-order valence-corrected chi connectivity index (χ0v) is 8.31. The number of phenols is 3. The van der Waals surface area contributed by atoms with Crippen LogP contribution in [0.1, 0.15) is 11.6 Å². The summed E-state index contributed by atoms with van der Waals surface area (Å²) in [7, 11) is 0. The van der Waals surface area contributed by atoms with Gasteiger partial charge in [-0.05, 0) is 0 Å². The summed E-state index contributed by atoms with van der Waals surface area (Å²) >= 11 is 0. The second-order valence-corrected chi connectivity index (χ2v) is 3.41. The lowest BCUT2D eigenvalue weighted by Crippen LogP contribution is -2.38. The Kier molecular flexibility index (Phi) is 3.39. The summed E-state index contributed by atoms with van der Waals surface area (Å²) in [5, 5.41) is 36.4. The van der Waals surface area contributed by atoms with E-state index >= 15 is 0 Å². The van der Waals surface area contributed by atoms with E-state index in [2.05, 4.69) is 0 Å². The molecule has 0 saturated carbocycles. The van der Waals surface area contributed by atoms with Crippen molar-refractivity contribution >= 4 is 0 Å². The van der Waals surface area contributed by atoms with Crippen LogP contribution in [0.2, 0.25) is 0 Å². The number of aliphatic hydroxyl groups excluding tert-OH is 1. The van der Waals surface area contributed by atoms with Crippen LogP contribution in [0.4, 0.5) is 13.2 Å². The monoisotopic (exact) mass is 253 g/mol. The average molecular weight is 253 g/mol. The molecule has 96 valence electrons. The van der Waals surface area contributed by atoms with E-state index < -0.39 is 41.1 Å². The van der Waals surface area contributed by atoms with E-state index in [1.54, 1.807) is 0 Å². The SMILES string of the molecule is N[C@H](c1c(O)cc(O)cc1O)[C@@H](O)C(F)(F)F. The van der Waals surface area contributed by atoms with Crippen molar-refractivity contribution in [3.8, 4) is 17.2 Å². The number of nitrogens with two attached hydrogens (primary N) is 1. The topological polar surface area (TPSA) is 107 Å². The summed E-state index contributed by atoms with van der Waals surface area (Å²) in [6.45, 7) is 0. The van der Waals surface area contributed by atoms with Gasteiger partial charge in [-0.25, -0.2) is 0 Å². The number of aliphatic hydroxyl groups is 1. The lowest BCUT2D eigenvalue weighted by atomic mass is 9.99. The standard InChI is InChI=1S/C9H10F3NO4/c10-9(11,12)8(17)7(13)6-4(15)1-3(14)2-5(6)16/h1-2,7-8,14-17H,13H2/t7-,8-/m1/s1. The van der Waals surface area contributed by atoms with Gasteiger partial charge in [-0.3, -0.25) is 0 Å². The van der Waals surface area contributed by atoms with Crippen LogP contribution in [0.5, 0.6) is 17.2 Å². The van der Waals surface area contributed by atoms with Crippen molar-refractivity contribution in [2.75, 3.05) is 0 Å². The van der Waals surface area contributed by atoms with Crippen molar-refractivity contribution in [3.63, 3.8) is 0 Å². The van der Waals surface area contributed by atoms with Gasteiger partial charge in [0.1, 0.15) is 17.2 Å². The summed E-state index contributed by atoms with van der Waals surface area (Å²) in [6.07, 6.45) is -7.93. The van der Waals surface area contributed by atoms with E-state index in [9.17, 15) is 23.4 Å². The lowest BCUT2D eigenvalue weighted by molar-refractivity contribution is -0.210. The minimum absolute atomic E-state index is 0.544. The van der Waals surface area contributed by atoms with Gasteiger partial charge < -0.3 is 26.2 Å². The highest BCUT2D eigenvalue weighted by molar-refractivity contribution is 5.50. The van der Waals surface area contributed by atoms with Crippen LogP contribution in [-0.4, -0.2) is 32.7 Å². The number of alkyl halides is 3. The van der Waals surface area contributed by atoms with E-state index in [1.165, 1.54) is 0 Å². The molecule has 0 aliphatic rings. The second-order valence-electron chi connectivity index (χ2n) is 3.41. The highest BCUT2D eigenvalue weighted by Crippen LogP contribution is 2.39. The van der Waals surface area contributed by atoms with Crippen LogP contribution in [-0.2, 0) is 0 Å². The lowest BCUT2D eigenvalue weighted by Gasteiger charge is -2.22. The summed E-state index contributed by atoms with van der Waals surface area (Å²) in [6, 6.07) is -0.647. The quantitative estimate of drug-likeness (QED) is 0.534. The third-order valence-corrected chi connectivity index (χ3v) is 2.13. The number of hydrogen-bond acceptors (Lipinski definition) is 5. The molecule has 1 rings (SSSR count). The molecule has 0 aliphatic heterocycles. The van der Waals surface area contributed by atoms with Crippen LogP contribution >= 0.6 is 0 Å². The highest BCUT2D eigenvalue weighted by Gasteiger charge is 2.44. The smallest absolute Gasteiger partial charge is 0.416 e. The summed E-state index contributed by atoms with van der Waals surface area (Å²) in [5.74, 6) is -2.21. The molecular weight excluding hydrogens is 243 g/mol. The molecule has 0 fully saturated rings. The first-order valence-electron chi connectivity index (χ1n) is 4.39. The fraction of sp³-hybridized carbons (Fsp3) is 0.333. The first-order chi connectivity index (χ1) is 7.64. The van der Waals surface area contributed by atoms with Gasteiger partial charge in [-0.2, -0.15) is 13.2 Å². The van der Waals surface area contributed by atoms with Crippen molar-refractivity contribution in [1.29, 1.82) is 0 Å². The van der Waals surface area contributed by atoms with Crippen molar-refractivity contribution < 1.29 is 33.6 Å². The predicted molar refractivity (Wildman–Crippen MR) is 50.4 cm³/mol. The molecule has 1 aromatic carbocycles. The largest absolute Gasteiger partial charge is 0.508 e. The summed E-state index contributed by atoms with van der Waals surface area (Å²) in [4.78, 5) is 0. The van der Waals surface area contributed by atoms with Gasteiger partial charge in [-0.15, -0.1) is 0 Å². The average Bonchev–Trinajstić information content (AvgIpc) is 2.13. The predicted octanol–water partition coefficient (Wildman–Crippen LogP) is 0.726. The molecule has 6 N–H and O–H groups in total. The Morgan fingerprint density at radius 3 is 1.82 bits per heavy atom. The molecule has 0 aromatic heterocycles. The molecule has 0 spiro atoms. The summed E-state index contributed by atoms with van der Waals surface area (Å²) < 4.78 is 36.6. The maximum atomic E-state index is 12.2. The minimum atomic E-state index is -4.99. The van der Waals surface area contributed by atoms with Gasteiger partial charge in [0.15, 0.2) is 6.10 Å². The van der Waals surface area contributed by atoms with E-state index in [1.807, 2.05) is 0 Å². The number of aromatic hydroxyl groups is 3. The number of halogens is 3. The van der Waals surface area contributed by atoms with Gasteiger partial charge >= 0.3 is 6.18 Å². The molecule has 0 heterocycles. The van der Waals surface area contributed by atoms with Gasteiger partial charge in [0.2, 0.25) is 0 Å². The molecule has 0 aliphatic carbocycles. The zero-order chi connectivity index (χ0) is 13.4. The van der Waals surface area contributed by atoms with E-state index in [-0.39, 0.29) is 0 Å². The third kappa shape index (κ3) is 2.71. The molecule has 0 radical (unpaired) electrons.